The topological polar surface area (TPSA) is 88.1 Å². The Bertz CT molecular complexity index is 1480. The zero-order chi connectivity index (χ0) is 29.2. The lowest BCUT2D eigenvalue weighted by molar-refractivity contribution is -0.130. The van der Waals surface area contributed by atoms with Crippen LogP contribution in [0.4, 0.5) is 0 Å². The molecule has 0 heterocycles. The first-order valence-electron chi connectivity index (χ1n) is 12.3. The summed E-state index contributed by atoms with van der Waals surface area (Å²) < 4.78 is 21.8. The van der Waals surface area contributed by atoms with Crippen molar-refractivity contribution in [3.05, 3.63) is 115 Å². The molecular formula is C33H30O7. The number of ether oxygens (including phenoxy) is 4. The largest absolute Gasteiger partial charge is 0.488 e. The summed E-state index contributed by atoms with van der Waals surface area (Å²) >= 11 is 0. The van der Waals surface area contributed by atoms with E-state index in [-0.39, 0.29) is 6.61 Å². The Labute approximate surface area is 233 Å². The van der Waals surface area contributed by atoms with Crippen LogP contribution in [-0.4, -0.2) is 24.5 Å². The molecule has 0 spiro atoms. The van der Waals surface area contributed by atoms with E-state index in [9.17, 15) is 14.4 Å². The Morgan fingerprint density at radius 2 is 1.23 bits per heavy atom. The maximum atomic E-state index is 12.5. The molecule has 0 unspecified atom stereocenters. The Morgan fingerprint density at radius 1 is 0.700 bits per heavy atom. The highest BCUT2D eigenvalue weighted by Gasteiger charge is 2.12. The molecule has 3 aromatic carbocycles. The minimum Gasteiger partial charge on any atom is -0.488 e. The third-order valence-electron chi connectivity index (χ3n) is 5.22. The molecule has 40 heavy (non-hydrogen) atoms. The van der Waals surface area contributed by atoms with E-state index in [0.29, 0.717) is 39.7 Å². The Balaban J connectivity index is 1.73. The minimum absolute atomic E-state index is 0.274. The van der Waals surface area contributed by atoms with Crippen molar-refractivity contribution in [2.45, 2.75) is 20.8 Å². The van der Waals surface area contributed by atoms with Gasteiger partial charge in [-0.2, -0.15) is 0 Å². The minimum atomic E-state index is -0.583. The molecule has 0 aliphatic rings. The Kier molecular flexibility index (Phi) is 9.97. The summed E-state index contributed by atoms with van der Waals surface area (Å²) in [6.07, 6.45) is 2.88. The highest BCUT2D eigenvalue weighted by molar-refractivity contribution is 5.90. The molecule has 0 atom stereocenters. The first-order valence-corrected chi connectivity index (χ1v) is 12.3. The van der Waals surface area contributed by atoms with Gasteiger partial charge in [-0.3, -0.25) is 0 Å². The first kappa shape index (κ1) is 29.4. The second-order valence-electron chi connectivity index (χ2n) is 9.09. The number of hydrogen-bond acceptors (Lipinski definition) is 7. The second-order valence-corrected chi connectivity index (χ2v) is 9.09. The van der Waals surface area contributed by atoms with Gasteiger partial charge in [0.05, 0.1) is 0 Å². The average molecular weight is 539 g/mol. The van der Waals surface area contributed by atoms with Gasteiger partial charge in [0, 0.05) is 28.9 Å². The van der Waals surface area contributed by atoms with Crippen LogP contribution in [0.2, 0.25) is 0 Å². The van der Waals surface area contributed by atoms with Crippen molar-refractivity contribution in [2.24, 2.45) is 0 Å². The monoisotopic (exact) mass is 538 g/mol. The molecule has 204 valence electrons. The summed E-state index contributed by atoms with van der Waals surface area (Å²) in [7, 11) is 0. The van der Waals surface area contributed by atoms with E-state index in [2.05, 4.69) is 19.7 Å². The lowest BCUT2D eigenvalue weighted by Gasteiger charge is -2.14. The van der Waals surface area contributed by atoms with Gasteiger partial charge >= 0.3 is 17.9 Å². The summed E-state index contributed by atoms with van der Waals surface area (Å²) in [4.78, 5) is 35.9. The smallest absolute Gasteiger partial charge is 0.338 e. The zero-order valence-corrected chi connectivity index (χ0v) is 22.7. The van der Waals surface area contributed by atoms with Gasteiger partial charge in [0.2, 0.25) is 0 Å². The van der Waals surface area contributed by atoms with Crippen molar-refractivity contribution in [1.29, 1.82) is 0 Å². The maximum absolute atomic E-state index is 12.5. The summed E-state index contributed by atoms with van der Waals surface area (Å²) in [5.74, 6) is -0.0445. The fourth-order valence-corrected chi connectivity index (χ4v) is 3.18. The number of carbonyl (C=O) groups excluding carboxylic acids is 3. The lowest BCUT2D eigenvalue weighted by Crippen LogP contribution is -2.08. The molecule has 3 aromatic rings. The second kappa shape index (κ2) is 13.6. The van der Waals surface area contributed by atoms with Crippen molar-refractivity contribution in [3.8, 4) is 34.1 Å². The van der Waals surface area contributed by atoms with E-state index < -0.39 is 17.9 Å². The van der Waals surface area contributed by atoms with Crippen molar-refractivity contribution in [3.63, 3.8) is 0 Å². The third-order valence-corrected chi connectivity index (χ3v) is 5.22. The normalized spacial score (nSPS) is 10.5. The number of esters is 3. The van der Waals surface area contributed by atoms with Gasteiger partial charge in [0.1, 0.15) is 29.6 Å². The van der Waals surface area contributed by atoms with Crippen molar-refractivity contribution >= 4 is 24.0 Å². The molecule has 0 N–H and O–H groups in total. The predicted molar refractivity (Wildman–Crippen MR) is 154 cm³/mol. The molecule has 0 radical (unpaired) electrons. The van der Waals surface area contributed by atoms with Crippen molar-refractivity contribution < 1.29 is 33.3 Å². The number of rotatable bonds is 11. The molecule has 7 nitrogen and oxygen atoms in total. The third kappa shape index (κ3) is 8.70. The molecule has 7 heteroatoms. The van der Waals surface area contributed by atoms with Crippen LogP contribution >= 0.6 is 0 Å². The van der Waals surface area contributed by atoms with E-state index in [1.165, 1.54) is 6.08 Å². The van der Waals surface area contributed by atoms with Crippen molar-refractivity contribution in [2.75, 3.05) is 6.61 Å². The van der Waals surface area contributed by atoms with Crippen LogP contribution < -0.4 is 18.9 Å². The molecule has 0 bridgehead atoms. The predicted octanol–water partition coefficient (Wildman–Crippen LogP) is 6.89. The maximum Gasteiger partial charge on any atom is 0.338 e. The van der Waals surface area contributed by atoms with Gasteiger partial charge in [-0.05, 0) is 79.9 Å². The number of hydrogen-bond donors (Lipinski definition) is 0. The molecule has 3 rings (SSSR count). The van der Waals surface area contributed by atoms with E-state index in [1.54, 1.807) is 86.7 Å². The molecule has 0 saturated heterocycles. The van der Waals surface area contributed by atoms with E-state index >= 15 is 0 Å². The molecule has 0 aromatic heterocycles. The molecule has 0 amide bonds. The number of benzene rings is 3. The zero-order valence-electron chi connectivity index (χ0n) is 22.7. The molecule has 0 aliphatic carbocycles. The van der Waals surface area contributed by atoms with Crippen LogP contribution in [0.1, 0.15) is 26.3 Å². The van der Waals surface area contributed by atoms with Crippen LogP contribution in [0.25, 0.3) is 17.2 Å². The summed E-state index contributed by atoms with van der Waals surface area (Å²) in [5, 5.41) is 0. The molecule has 0 saturated carbocycles. The number of carbonyl (C=O) groups is 3. The molecule has 0 aliphatic heterocycles. The van der Waals surface area contributed by atoms with E-state index in [4.69, 9.17) is 18.9 Å². The fourth-order valence-electron chi connectivity index (χ4n) is 3.18. The van der Waals surface area contributed by atoms with Gasteiger partial charge in [-0.1, -0.05) is 44.0 Å². The van der Waals surface area contributed by atoms with Gasteiger partial charge in [-0.15, -0.1) is 0 Å². The SMILES string of the molecule is C=C(C)COc1cc(OC(=O)/C=C/c2ccc(OC(=O)C(=C)C)cc2)ccc1-c1ccc(OC(=O)C(=C)C)cc1. The van der Waals surface area contributed by atoms with Crippen LogP contribution in [0.15, 0.2) is 109 Å². The highest BCUT2D eigenvalue weighted by atomic mass is 16.5. The standard InChI is InChI=1S/C33H30O7/c1-21(2)20-37-30-19-28(16-17-29(30)25-10-14-27(15-11-25)40-33(36)23(5)6)38-31(34)18-9-24-7-12-26(13-8-24)39-32(35)22(3)4/h7-19H,1,3,5,20H2,2,4,6H3/b18-9+. The van der Waals surface area contributed by atoms with E-state index in [0.717, 1.165) is 16.7 Å². The molecule has 0 fully saturated rings. The summed E-state index contributed by atoms with van der Waals surface area (Å²) in [6, 6.07) is 18.6. The molecular weight excluding hydrogens is 508 g/mol. The lowest BCUT2D eigenvalue weighted by atomic mass is 10.0. The average Bonchev–Trinajstić information content (AvgIpc) is 2.92. The van der Waals surface area contributed by atoms with Crippen LogP contribution in [0, 0.1) is 0 Å². The fraction of sp³-hybridized carbons (Fsp3) is 0.121. The quantitative estimate of drug-likeness (QED) is 0.114. The van der Waals surface area contributed by atoms with Crippen LogP contribution in [-0.2, 0) is 14.4 Å². The summed E-state index contributed by atoms with van der Waals surface area (Å²) in [6.45, 7) is 16.3. The van der Waals surface area contributed by atoms with Crippen molar-refractivity contribution in [1.82, 2.24) is 0 Å². The van der Waals surface area contributed by atoms with E-state index in [1.807, 2.05) is 6.92 Å². The van der Waals surface area contributed by atoms with Gasteiger partial charge < -0.3 is 18.9 Å². The van der Waals surface area contributed by atoms with Crippen LogP contribution in [0.5, 0.6) is 23.0 Å². The van der Waals surface area contributed by atoms with Gasteiger partial charge in [0.25, 0.3) is 0 Å². The van der Waals surface area contributed by atoms with Gasteiger partial charge in [0.15, 0.2) is 0 Å². The van der Waals surface area contributed by atoms with Crippen LogP contribution in [0.3, 0.4) is 0 Å². The Hall–Kier alpha value is -5.17. The first-order chi connectivity index (χ1) is 19.0. The summed E-state index contributed by atoms with van der Waals surface area (Å²) in [5.41, 5.74) is 3.69. The Morgan fingerprint density at radius 3 is 1.75 bits per heavy atom. The van der Waals surface area contributed by atoms with Gasteiger partial charge in [-0.25, -0.2) is 14.4 Å². The highest BCUT2D eigenvalue weighted by Crippen LogP contribution is 2.35.